The lowest BCUT2D eigenvalue weighted by Gasteiger charge is -2.51. The van der Waals surface area contributed by atoms with Gasteiger partial charge in [0.25, 0.3) is 0 Å². The van der Waals surface area contributed by atoms with Gasteiger partial charge in [-0.2, -0.15) is 0 Å². The molecule has 0 aliphatic carbocycles. The number of carbonyl (C=O) groups excluding carboxylic acids is 4. The van der Waals surface area contributed by atoms with Crippen molar-refractivity contribution in [3.63, 3.8) is 0 Å². The largest absolute Gasteiger partial charge is 0.455 e. The minimum absolute atomic E-state index is 0.0221. The van der Waals surface area contributed by atoms with Crippen LogP contribution in [0.15, 0.2) is 36.4 Å². The topological polar surface area (TPSA) is 359 Å². The van der Waals surface area contributed by atoms with E-state index in [4.69, 9.17) is 66.3 Å². The summed E-state index contributed by atoms with van der Waals surface area (Å²) >= 11 is 0. The van der Waals surface area contributed by atoms with Gasteiger partial charge in [-0.25, -0.2) is 4.79 Å². The van der Waals surface area contributed by atoms with Crippen molar-refractivity contribution in [1.29, 1.82) is 0 Å². The maximum atomic E-state index is 14.3. The molecule has 94 heavy (non-hydrogen) atoms. The van der Waals surface area contributed by atoms with Crippen LogP contribution in [-0.4, -0.2) is 231 Å². The number of hydrogen-bond acceptors (Lipinski definition) is 26. The van der Waals surface area contributed by atoms with Gasteiger partial charge < -0.3 is 107 Å². The second kappa shape index (κ2) is 38.5. The first-order chi connectivity index (χ1) is 45.1. The van der Waals surface area contributed by atoms with Crippen molar-refractivity contribution >= 4 is 30.0 Å². The Labute approximate surface area is 552 Å². The minimum Gasteiger partial charge on any atom is -0.455 e. The molecule has 0 saturated carbocycles. The number of unbranched alkanes of at least 4 members (excludes halogenated alkanes) is 6. The Bertz CT molecular complexity index is 2440. The second-order valence-electron chi connectivity index (χ2n) is 26.1. The van der Waals surface area contributed by atoms with Crippen LogP contribution < -0.4 is 0 Å². The number of aliphatic hydroxyl groups excluding tert-OH is 8. The fourth-order valence-electron chi connectivity index (χ4n) is 12.7. The fourth-order valence-corrected chi connectivity index (χ4v) is 12.7. The smallest absolute Gasteiger partial charge is 0.331 e. The number of fused-ring (bicyclic) bond motifs is 2. The third-order valence-electron chi connectivity index (χ3n) is 18.6. The third kappa shape index (κ3) is 21.3. The first-order valence-electron chi connectivity index (χ1n) is 34.5. The molecule has 6 aliphatic heterocycles. The molecule has 8 N–H and O–H groups in total. The Morgan fingerprint density at radius 3 is 1.85 bits per heavy atom. The number of rotatable bonds is 24. The van der Waals surface area contributed by atoms with Gasteiger partial charge >= 0.3 is 23.9 Å². The predicted molar refractivity (Wildman–Crippen MR) is 333 cm³/mol. The Kier molecular flexibility index (Phi) is 31.7. The minimum atomic E-state index is -2.06. The van der Waals surface area contributed by atoms with Crippen LogP contribution >= 0.6 is 0 Å². The van der Waals surface area contributed by atoms with E-state index in [9.17, 15) is 60.0 Å². The van der Waals surface area contributed by atoms with E-state index in [1.54, 1.807) is 51.1 Å². The Morgan fingerprint density at radius 1 is 0.543 bits per heavy atom. The zero-order chi connectivity index (χ0) is 68.2. The molecule has 6 saturated heterocycles. The van der Waals surface area contributed by atoms with Gasteiger partial charge in [-0.1, -0.05) is 141 Å². The van der Waals surface area contributed by atoms with E-state index in [1.165, 1.54) is 26.8 Å². The van der Waals surface area contributed by atoms with E-state index >= 15 is 0 Å². The summed E-state index contributed by atoms with van der Waals surface area (Å²) in [6, 6.07) is 8.85. The SMILES string of the molecule is CCCCCCCC(=O)O[C@@H]1[C@@H](OC(=O)/C=C/c2ccccc2)[C@@H](O)[C@H](O[C@@H]2[C@@H](O[C@@H]3O[C@H](CO)[C@@H](O)[C@H](O)[C@H]3O)[C@@H](OC(=O)[C@@H](C)CC)[C@H](O[C@@H]3[C@@H](O)[C@H]4OC(=O)CCCCCCCCC[C@H](CCCCC)O[C@@H]5O[C@H](C)[C@H](O)[C@H](O)[C@H]5O[C@@H]4O[C@H]3C)O[C@H]2C)O[C@H]1C. The lowest BCUT2D eigenvalue weighted by Crippen LogP contribution is -2.68. The summed E-state index contributed by atoms with van der Waals surface area (Å²) in [4.78, 5) is 55.5. The summed E-state index contributed by atoms with van der Waals surface area (Å²) < 4.78 is 88.9. The zero-order valence-electron chi connectivity index (χ0n) is 55.9. The Morgan fingerprint density at radius 2 is 1.15 bits per heavy atom. The molecule has 6 fully saturated rings. The molecular formula is C68H108O26. The highest BCUT2D eigenvalue weighted by Gasteiger charge is 2.59. The summed E-state index contributed by atoms with van der Waals surface area (Å²) in [5.41, 5.74) is 0.654. The van der Waals surface area contributed by atoms with E-state index in [0.29, 0.717) is 31.2 Å². The van der Waals surface area contributed by atoms with Crippen molar-refractivity contribution in [2.24, 2.45) is 5.92 Å². The summed E-state index contributed by atoms with van der Waals surface area (Å²) in [7, 11) is 0. The normalized spacial score (nSPS) is 39.4. The summed E-state index contributed by atoms with van der Waals surface area (Å²) in [6.45, 7) is 12.7. The standard InChI is InChI=1S/C68H108O26/c1-9-12-14-18-26-32-45(70)87-56-40(7)82-65(54(79)58(56)88-47(72)35-34-42-28-23-21-24-29-42)92-57-41(8)84-68(62(90-63(80)37(4)11-3)61(57)94-64-52(77)50(75)49(74)44(36-69)86-64)91-55-39(6)83-67-60(53(55)78)89-46(71)33-27-20-17-15-16-19-25-31-43(30-22-13-10-2)85-66-59(93-67)51(76)48(73)38(5)81-66/h21,23-24,28-29,34-35,37-41,43-44,48-62,64-69,73-79H,9-20,22,25-27,30-33,36H2,1-8H3/b35-34+/t37-,38+,39-,40-,41-,43-,44+,48-,49+,50-,51-,52+,53+,54+,55-,56-,57-,58-,59+,60+,61+,62+,64-,65-,66-,67-,68-/m0/s1. The van der Waals surface area contributed by atoms with Crippen LogP contribution in [0.4, 0.5) is 0 Å². The number of carbonyl (C=O) groups is 4. The molecule has 0 bridgehead atoms. The number of benzene rings is 1. The number of aliphatic hydroxyl groups is 8. The van der Waals surface area contributed by atoms with Crippen LogP contribution in [0.2, 0.25) is 0 Å². The van der Waals surface area contributed by atoms with Crippen LogP contribution in [0, 0.1) is 5.92 Å². The number of ether oxygens (including phenoxy) is 14. The monoisotopic (exact) mass is 1340 g/mol. The van der Waals surface area contributed by atoms with Crippen molar-refractivity contribution in [2.75, 3.05) is 6.61 Å². The average Bonchev–Trinajstić information content (AvgIpc) is 0.774. The first-order valence-corrected chi connectivity index (χ1v) is 34.5. The summed E-state index contributed by atoms with van der Waals surface area (Å²) in [5.74, 6) is -3.95. The molecule has 1 aromatic rings. The predicted octanol–water partition coefficient (Wildman–Crippen LogP) is 5.01. The summed E-state index contributed by atoms with van der Waals surface area (Å²) in [5, 5.41) is 92.0. The molecule has 26 heteroatoms. The van der Waals surface area contributed by atoms with Gasteiger partial charge in [0.05, 0.1) is 43.0 Å². The molecule has 27 atom stereocenters. The van der Waals surface area contributed by atoms with Gasteiger partial charge in [-0.3, -0.25) is 14.4 Å². The van der Waals surface area contributed by atoms with Gasteiger partial charge in [0, 0.05) is 18.9 Å². The van der Waals surface area contributed by atoms with Crippen molar-refractivity contribution in [3.05, 3.63) is 42.0 Å². The molecule has 26 nitrogen and oxygen atoms in total. The lowest BCUT2D eigenvalue weighted by atomic mass is 9.95. The van der Waals surface area contributed by atoms with Gasteiger partial charge in [0.15, 0.2) is 55.9 Å². The van der Waals surface area contributed by atoms with Gasteiger partial charge in [0.1, 0.15) is 73.2 Å². The van der Waals surface area contributed by atoms with E-state index in [2.05, 4.69) is 13.8 Å². The molecule has 0 radical (unpaired) electrons. The Balaban J connectivity index is 1.24. The molecule has 0 aromatic heterocycles. The molecule has 6 aliphatic rings. The molecule has 7 rings (SSSR count). The summed E-state index contributed by atoms with van der Waals surface area (Å²) in [6.07, 6.45) is -23.9. The molecule has 0 unspecified atom stereocenters. The van der Waals surface area contributed by atoms with Crippen molar-refractivity contribution in [1.82, 2.24) is 0 Å². The van der Waals surface area contributed by atoms with E-state index in [-0.39, 0.29) is 25.4 Å². The maximum Gasteiger partial charge on any atom is 0.331 e. The molecular weight excluding hydrogens is 1230 g/mol. The van der Waals surface area contributed by atoms with E-state index in [1.807, 2.05) is 0 Å². The van der Waals surface area contributed by atoms with Crippen LogP contribution in [0.3, 0.4) is 0 Å². The van der Waals surface area contributed by atoms with Crippen molar-refractivity contribution in [3.8, 4) is 0 Å². The molecule has 6 heterocycles. The van der Waals surface area contributed by atoms with E-state index < -0.39 is 190 Å². The Hall–Kier alpha value is -3.88. The van der Waals surface area contributed by atoms with Gasteiger partial charge in [0.2, 0.25) is 0 Å². The van der Waals surface area contributed by atoms with Crippen LogP contribution in [0.25, 0.3) is 6.08 Å². The van der Waals surface area contributed by atoms with Crippen molar-refractivity contribution < 1.29 is 126 Å². The zero-order valence-corrected chi connectivity index (χ0v) is 55.9. The number of esters is 4. The molecule has 1 aromatic carbocycles. The third-order valence-corrected chi connectivity index (χ3v) is 18.6. The highest BCUT2D eigenvalue weighted by Crippen LogP contribution is 2.40. The van der Waals surface area contributed by atoms with Crippen molar-refractivity contribution in [2.45, 2.75) is 343 Å². The average molecular weight is 1340 g/mol. The first kappa shape index (κ1) is 77.5. The lowest BCUT2D eigenvalue weighted by molar-refractivity contribution is -0.400. The molecule has 0 spiro atoms. The second-order valence-corrected chi connectivity index (χ2v) is 26.1. The maximum absolute atomic E-state index is 14.3. The van der Waals surface area contributed by atoms with Crippen LogP contribution in [-0.2, 0) is 85.5 Å². The van der Waals surface area contributed by atoms with Crippen LogP contribution in [0.5, 0.6) is 0 Å². The van der Waals surface area contributed by atoms with E-state index in [0.717, 1.165) is 89.5 Å². The number of hydrogen-bond donors (Lipinski definition) is 8. The fraction of sp³-hybridized carbons (Fsp3) is 0.824. The van der Waals surface area contributed by atoms with Gasteiger partial charge in [-0.15, -0.1) is 0 Å². The van der Waals surface area contributed by atoms with Gasteiger partial charge in [-0.05, 0) is 71.4 Å². The van der Waals surface area contributed by atoms with Crippen LogP contribution in [0.1, 0.15) is 189 Å². The highest BCUT2D eigenvalue weighted by atomic mass is 16.8. The quantitative estimate of drug-likeness (QED) is 0.0292. The highest BCUT2D eigenvalue weighted by molar-refractivity contribution is 5.87. The molecule has 0 amide bonds. The molecule has 536 valence electrons.